The van der Waals surface area contributed by atoms with Gasteiger partial charge < -0.3 is 0 Å². The van der Waals surface area contributed by atoms with Crippen molar-refractivity contribution in [2.24, 2.45) is 14.1 Å². The van der Waals surface area contributed by atoms with E-state index in [0.717, 1.165) is 22.5 Å². The molecular formula is C11H16IN5. The maximum atomic E-state index is 4.44. The number of aryl methyl sites for hydroxylation is 2. The monoisotopic (exact) mass is 345 g/mol. The zero-order valence-electron chi connectivity index (χ0n) is 10.3. The average Bonchev–Trinajstić information content (AvgIpc) is 2.75. The third kappa shape index (κ3) is 3.29. The maximum Gasteiger partial charge on any atom is 0.0989 e. The highest BCUT2D eigenvalue weighted by atomic mass is 127. The van der Waals surface area contributed by atoms with Crippen LogP contribution in [0.1, 0.15) is 11.3 Å². The minimum atomic E-state index is 0.853. The summed E-state index contributed by atoms with van der Waals surface area (Å²) in [5.41, 5.74) is 2.32. The van der Waals surface area contributed by atoms with Gasteiger partial charge in [0.25, 0.3) is 0 Å². The standard InChI is InChI=1S/C11H16IN5/c1-15(6-9-5-13-16(2)7-9)8-10-4-11(12)17(3)14-10/h4-5,7H,6,8H2,1-3H3. The van der Waals surface area contributed by atoms with Crippen LogP contribution >= 0.6 is 22.6 Å². The third-order valence-corrected chi connectivity index (χ3v) is 3.53. The van der Waals surface area contributed by atoms with Crippen molar-refractivity contribution in [1.82, 2.24) is 24.5 Å². The van der Waals surface area contributed by atoms with Gasteiger partial charge in [-0.1, -0.05) is 0 Å². The van der Waals surface area contributed by atoms with Crippen molar-refractivity contribution in [3.63, 3.8) is 0 Å². The molecule has 17 heavy (non-hydrogen) atoms. The molecule has 0 saturated carbocycles. The van der Waals surface area contributed by atoms with Gasteiger partial charge in [0.1, 0.15) is 0 Å². The number of aromatic nitrogens is 4. The summed E-state index contributed by atoms with van der Waals surface area (Å²) in [4.78, 5) is 2.23. The van der Waals surface area contributed by atoms with E-state index in [1.54, 1.807) is 0 Å². The molecule has 0 amide bonds. The van der Waals surface area contributed by atoms with Crippen molar-refractivity contribution < 1.29 is 0 Å². The van der Waals surface area contributed by atoms with Gasteiger partial charge in [-0.2, -0.15) is 10.2 Å². The van der Waals surface area contributed by atoms with Crippen LogP contribution in [0.2, 0.25) is 0 Å². The van der Waals surface area contributed by atoms with E-state index in [0.29, 0.717) is 0 Å². The maximum absolute atomic E-state index is 4.44. The lowest BCUT2D eigenvalue weighted by Crippen LogP contribution is -2.17. The van der Waals surface area contributed by atoms with E-state index in [4.69, 9.17) is 0 Å². The molecule has 0 radical (unpaired) electrons. The van der Waals surface area contributed by atoms with Crippen molar-refractivity contribution in [2.75, 3.05) is 7.05 Å². The first-order chi connectivity index (χ1) is 8.04. The lowest BCUT2D eigenvalue weighted by Gasteiger charge is -2.13. The highest BCUT2D eigenvalue weighted by Gasteiger charge is 2.07. The number of rotatable bonds is 4. The van der Waals surface area contributed by atoms with Gasteiger partial charge in [0.2, 0.25) is 0 Å². The lowest BCUT2D eigenvalue weighted by molar-refractivity contribution is 0.314. The van der Waals surface area contributed by atoms with E-state index < -0.39 is 0 Å². The summed E-state index contributed by atoms with van der Waals surface area (Å²) >= 11 is 2.29. The second kappa shape index (κ2) is 5.18. The molecule has 2 aromatic rings. The second-order valence-electron chi connectivity index (χ2n) is 4.28. The smallest absolute Gasteiger partial charge is 0.0989 e. The summed E-state index contributed by atoms with van der Waals surface area (Å²) in [5, 5.41) is 8.61. The Morgan fingerprint density at radius 2 is 2.12 bits per heavy atom. The Labute approximate surface area is 115 Å². The van der Waals surface area contributed by atoms with Gasteiger partial charge in [0, 0.05) is 38.9 Å². The van der Waals surface area contributed by atoms with Gasteiger partial charge in [0.15, 0.2) is 0 Å². The predicted octanol–water partition coefficient (Wildman–Crippen LogP) is 1.39. The number of hydrogen-bond donors (Lipinski definition) is 0. The van der Waals surface area contributed by atoms with Crippen LogP contribution in [0.25, 0.3) is 0 Å². The zero-order valence-corrected chi connectivity index (χ0v) is 12.4. The van der Waals surface area contributed by atoms with Gasteiger partial charge in [0.05, 0.1) is 15.6 Å². The van der Waals surface area contributed by atoms with Crippen LogP contribution in [0.3, 0.4) is 0 Å². The number of halogens is 1. The summed E-state index contributed by atoms with van der Waals surface area (Å²) < 4.78 is 4.88. The zero-order chi connectivity index (χ0) is 12.4. The summed E-state index contributed by atoms with van der Waals surface area (Å²) in [6, 6.07) is 2.11. The minimum Gasteiger partial charge on any atom is -0.296 e. The summed E-state index contributed by atoms with van der Waals surface area (Å²) in [6.07, 6.45) is 3.94. The minimum absolute atomic E-state index is 0.853. The molecule has 0 aliphatic carbocycles. The van der Waals surface area contributed by atoms with E-state index in [-0.39, 0.29) is 0 Å². The van der Waals surface area contributed by atoms with Gasteiger partial charge in [-0.05, 0) is 35.7 Å². The van der Waals surface area contributed by atoms with Crippen molar-refractivity contribution >= 4 is 22.6 Å². The molecule has 0 aliphatic heterocycles. The largest absolute Gasteiger partial charge is 0.296 e. The van der Waals surface area contributed by atoms with E-state index >= 15 is 0 Å². The molecule has 2 heterocycles. The van der Waals surface area contributed by atoms with Crippen LogP contribution in [-0.4, -0.2) is 31.5 Å². The molecule has 2 rings (SSSR count). The first-order valence-electron chi connectivity index (χ1n) is 5.39. The van der Waals surface area contributed by atoms with Gasteiger partial charge in [-0.25, -0.2) is 0 Å². The molecule has 2 aromatic heterocycles. The molecule has 0 spiro atoms. The van der Waals surface area contributed by atoms with Crippen molar-refractivity contribution in [3.05, 3.63) is 33.4 Å². The van der Waals surface area contributed by atoms with E-state index in [2.05, 4.69) is 50.8 Å². The molecule has 92 valence electrons. The Balaban J connectivity index is 1.95. The molecule has 0 aliphatic rings. The lowest BCUT2D eigenvalue weighted by atomic mass is 10.3. The van der Waals surface area contributed by atoms with Crippen molar-refractivity contribution in [3.8, 4) is 0 Å². The Morgan fingerprint density at radius 3 is 2.65 bits per heavy atom. The van der Waals surface area contributed by atoms with Crippen LogP contribution in [0, 0.1) is 3.70 Å². The normalized spacial score (nSPS) is 11.4. The van der Waals surface area contributed by atoms with Crippen LogP contribution in [0.5, 0.6) is 0 Å². The van der Waals surface area contributed by atoms with Gasteiger partial charge in [-0.3, -0.25) is 14.3 Å². The van der Waals surface area contributed by atoms with Crippen LogP contribution in [-0.2, 0) is 27.2 Å². The quantitative estimate of drug-likeness (QED) is 0.787. The van der Waals surface area contributed by atoms with Crippen LogP contribution in [0.15, 0.2) is 18.5 Å². The molecule has 5 nitrogen and oxygen atoms in total. The second-order valence-corrected chi connectivity index (χ2v) is 5.38. The Kier molecular flexibility index (Phi) is 3.82. The molecule has 0 saturated heterocycles. The molecule has 0 unspecified atom stereocenters. The van der Waals surface area contributed by atoms with E-state index in [9.17, 15) is 0 Å². The summed E-state index contributed by atoms with van der Waals surface area (Å²) in [6.45, 7) is 1.74. The molecule has 6 heteroatoms. The van der Waals surface area contributed by atoms with Crippen LogP contribution in [0.4, 0.5) is 0 Å². The highest BCUT2D eigenvalue weighted by Crippen LogP contribution is 2.09. The third-order valence-electron chi connectivity index (χ3n) is 2.52. The number of nitrogens with zero attached hydrogens (tertiary/aromatic N) is 5. The van der Waals surface area contributed by atoms with E-state index in [1.165, 1.54) is 5.56 Å². The fraction of sp³-hybridized carbons (Fsp3) is 0.455. The summed E-state index contributed by atoms with van der Waals surface area (Å²) in [5.74, 6) is 0. The van der Waals surface area contributed by atoms with Crippen LogP contribution < -0.4 is 0 Å². The topological polar surface area (TPSA) is 38.9 Å². The summed E-state index contributed by atoms with van der Waals surface area (Å²) in [7, 11) is 5.99. The highest BCUT2D eigenvalue weighted by molar-refractivity contribution is 14.1. The molecule has 0 bridgehead atoms. The molecule has 0 fully saturated rings. The first-order valence-corrected chi connectivity index (χ1v) is 6.47. The molecule has 0 aromatic carbocycles. The molecule has 0 N–H and O–H groups in total. The SMILES string of the molecule is CN(Cc1cnn(C)c1)Cc1cc(I)n(C)n1. The fourth-order valence-corrected chi connectivity index (χ4v) is 2.24. The number of hydrogen-bond acceptors (Lipinski definition) is 3. The van der Waals surface area contributed by atoms with E-state index in [1.807, 2.05) is 35.9 Å². The predicted molar refractivity (Wildman–Crippen MR) is 74.3 cm³/mol. The van der Waals surface area contributed by atoms with Crippen molar-refractivity contribution in [1.29, 1.82) is 0 Å². The Hall–Kier alpha value is -0.890. The fourth-order valence-electron chi connectivity index (χ4n) is 1.78. The van der Waals surface area contributed by atoms with Gasteiger partial charge in [-0.15, -0.1) is 0 Å². The van der Waals surface area contributed by atoms with Crippen molar-refractivity contribution in [2.45, 2.75) is 13.1 Å². The Bertz CT molecular complexity index is 482. The van der Waals surface area contributed by atoms with Gasteiger partial charge >= 0.3 is 0 Å². The first kappa shape index (κ1) is 12.6. The Morgan fingerprint density at radius 1 is 1.35 bits per heavy atom. The molecule has 0 atom stereocenters. The molecular weight excluding hydrogens is 329 g/mol. The average molecular weight is 345 g/mol.